The first-order chi connectivity index (χ1) is 7.42. The van der Waals surface area contributed by atoms with Crippen molar-refractivity contribution in [3.63, 3.8) is 0 Å². The van der Waals surface area contributed by atoms with Crippen LogP contribution in [0.4, 0.5) is 5.82 Å². The molecule has 0 bridgehead atoms. The van der Waals surface area contributed by atoms with Gasteiger partial charge in [-0.2, -0.15) is 5.26 Å². The summed E-state index contributed by atoms with van der Waals surface area (Å²) in [4.78, 5) is 0. The highest BCUT2D eigenvalue weighted by molar-refractivity contribution is 5.58. The number of nitriles is 1. The third-order valence-electron chi connectivity index (χ3n) is 3.93. The molecule has 16 heavy (non-hydrogen) atoms. The average molecular weight is 219 g/mol. The first-order valence-corrected chi connectivity index (χ1v) is 5.80. The molecule has 0 saturated carbocycles. The molecular formula is C13H21N3. The molecule has 0 aliphatic carbocycles. The predicted molar refractivity (Wildman–Crippen MR) is 67.3 cm³/mol. The number of nitrogen functional groups attached to an aromatic ring is 1. The molecule has 0 unspecified atom stereocenters. The summed E-state index contributed by atoms with van der Waals surface area (Å²) in [6.07, 6.45) is 2.01. The van der Waals surface area contributed by atoms with Crippen LogP contribution in [0.15, 0.2) is 0 Å². The maximum Gasteiger partial charge on any atom is 0.122 e. The van der Waals surface area contributed by atoms with Crippen molar-refractivity contribution in [2.24, 2.45) is 0 Å². The summed E-state index contributed by atoms with van der Waals surface area (Å²) in [5.41, 5.74) is 8.85. The fourth-order valence-corrected chi connectivity index (χ4v) is 2.24. The number of nitrogens with zero attached hydrogens (tertiary/aromatic N) is 2. The van der Waals surface area contributed by atoms with Crippen LogP contribution in [0, 0.1) is 25.2 Å². The molecule has 0 aliphatic rings. The van der Waals surface area contributed by atoms with Crippen molar-refractivity contribution >= 4 is 5.82 Å². The maximum atomic E-state index is 9.10. The lowest BCUT2D eigenvalue weighted by molar-refractivity contribution is 0.294. The molecule has 1 aromatic heterocycles. The molecular weight excluding hydrogens is 198 g/mol. The Morgan fingerprint density at radius 1 is 1.31 bits per heavy atom. The van der Waals surface area contributed by atoms with Gasteiger partial charge in [0.05, 0.1) is 5.56 Å². The van der Waals surface area contributed by atoms with Crippen LogP contribution in [0.3, 0.4) is 0 Å². The van der Waals surface area contributed by atoms with Crippen molar-refractivity contribution in [2.45, 2.75) is 53.0 Å². The van der Waals surface area contributed by atoms with E-state index in [-0.39, 0.29) is 5.54 Å². The summed E-state index contributed by atoms with van der Waals surface area (Å²) in [6, 6.07) is 2.20. The molecule has 1 rings (SSSR count). The molecule has 0 aromatic carbocycles. The minimum atomic E-state index is 0.00796. The van der Waals surface area contributed by atoms with Gasteiger partial charge in [0.1, 0.15) is 11.9 Å². The second kappa shape index (κ2) is 4.21. The van der Waals surface area contributed by atoms with Gasteiger partial charge in [0, 0.05) is 11.2 Å². The van der Waals surface area contributed by atoms with Gasteiger partial charge in [-0.25, -0.2) is 0 Å². The topological polar surface area (TPSA) is 54.7 Å². The lowest BCUT2D eigenvalue weighted by atomic mass is 9.94. The van der Waals surface area contributed by atoms with Crippen molar-refractivity contribution in [3.8, 4) is 6.07 Å². The van der Waals surface area contributed by atoms with Gasteiger partial charge < -0.3 is 10.3 Å². The summed E-state index contributed by atoms with van der Waals surface area (Å²) < 4.78 is 2.13. The normalized spacial score (nSPS) is 11.5. The van der Waals surface area contributed by atoms with E-state index in [2.05, 4.69) is 31.4 Å². The van der Waals surface area contributed by atoms with E-state index in [9.17, 15) is 0 Å². The molecule has 0 amide bonds. The maximum absolute atomic E-state index is 9.10. The Labute approximate surface area is 97.9 Å². The number of hydrogen-bond donors (Lipinski definition) is 1. The summed E-state index contributed by atoms with van der Waals surface area (Å²) in [7, 11) is 0. The Bertz CT molecular complexity index is 431. The lowest BCUT2D eigenvalue weighted by Crippen LogP contribution is -2.30. The number of anilines is 1. The van der Waals surface area contributed by atoms with Gasteiger partial charge in [-0.15, -0.1) is 0 Å². The quantitative estimate of drug-likeness (QED) is 0.849. The molecule has 0 radical (unpaired) electrons. The first kappa shape index (κ1) is 12.6. The smallest absolute Gasteiger partial charge is 0.122 e. The van der Waals surface area contributed by atoms with Gasteiger partial charge in [-0.05, 0) is 39.2 Å². The number of aromatic nitrogens is 1. The monoisotopic (exact) mass is 219 g/mol. The zero-order chi connectivity index (χ0) is 12.5. The third kappa shape index (κ3) is 1.59. The highest BCUT2D eigenvalue weighted by Crippen LogP contribution is 2.34. The summed E-state index contributed by atoms with van der Waals surface area (Å²) in [5.74, 6) is 0.615. The predicted octanol–water partition coefficient (Wildman–Crippen LogP) is 3.09. The van der Waals surface area contributed by atoms with Crippen LogP contribution in [0.1, 0.15) is 50.4 Å². The highest BCUT2D eigenvalue weighted by atomic mass is 15.1. The Hall–Kier alpha value is -1.43. The van der Waals surface area contributed by atoms with E-state index < -0.39 is 0 Å². The third-order valence-corrected chi connectivity index (χ3v) is 3.93. The van der Waals surface area contributed by atoms with Gasteiger partial charge >= 0.3 is 0 Å². The Kier molecular flexibility index (Phi) is 3.32. The molecule has 88 valence electrons. The Morgan fingerprint density at radius 2 is 1.81 bits per heavy atom. The van der Waals surface area contributed by atoms with Crippen LogP contribution in [0.2, 0.25) is 0 Å². The largest absolute Gasteiger partial charge is 0.384 e. The van der Waals surface area contributed by atoms with E-state index in [0.717, 1.165) is 24.1 Å². The summed E-state index contributed by atoms with van der Waals surface area (Å²) in [6.45, 7) is 10.5. The van der Waals surface area contributed by atoms with Gasteiger partial charge in [-0.3, -0.25) is 0 Å². The van der Waals surface area contributed by atoms with Gasteiger partial charge in [0.15, 0.2) is 0 Å². The van der Waals surface area contributed by atoms with Crippen LogP contribution in [0.5, 0.6) is 0 Å². The van der Waals surface area contributed by atoms with E-state index >= 15 is 0 Å². The van der Waals surface area contributed by atoms with E-state index in [4.69, 9.17) is 11.0 Å². The second-order valence-corrected chi connectivity index (χ2v) is 4.62. The number of rotatable bonds is 3. The van der Waals surface area contributed by atoms with Crippen LogP contribution < -0.4 is 5.73 Å². The molecule has 0 atom stereocenters. The Morgan fingerprint density at radius 3 is 2.12 bits per heavy atom. The second-order valence-electron chi connectivity index (χ2n) is 4.62. The van der Waals surface area contributed by atoms with Gasteiger partial charge in [-0.1, -0.05) is 13.8 Å². The van der Waals surface area contributed by atoms with Gasteiger partial charge in [0.25, 0.3) is 0 Å². The minimum absolute atomic E-state index is 0.00796. The first-order valence-electron chi connectivity index (χ1n) is 5.80. The molecule has 0 saturated heterocycles. The summed E-state index contributed by atoms with van der Waals surface area (Å²) in [5, 5.41) is 9.10. The molecule has 3 heteroatoms. The van der Waals surface area contributed by atoms with Crippen molar-refractivity contribution in [1.82, 2.24) is 4.57 Å². The molecule has 1 aromatic rings. The van der Waals surface area contributed by atoms with Crippen LogP contribution in [-0.4, -0.2) is 4.57 Å². The van der Waals surface area contributed by atoms with E-state index in [1.807, 2.05) is 13.8 Å². The average Bonchev–Trinajstić information content (AvgIpc) is 2.50. The highest BCUT2D eigenvalue weighted by Gasteiger charge is 2.28. The van der Waals surface area contributed by atoms with E-state index in [0.29, 0.717) is 11.4 Å². The standard InChI is InChI=1S/C13H21N3/c1-6-13(5,7-2)16-10(4)9(3)11(8-14)12(16)15/h6-7,15H2,1-5H3. The molecule has 2 N–H and O–H groups in total. The zero-order valence-electron chi connectivity index (χ0n) is 10.9. The van der Waals surface area contributed by atoms with Crippen LogP contribution >= 0.6 is 0 Å². The van der Waals surface area contributed by atoms with E-state index in [1.165, 1.54) is 0 Å². The zero-order valence-corrected chi connectivity index (χ0v) is 10.9. The SMILES string of the molecule is CCC(C)(CC)n1c(C)c(C)c(C#N)c1N. The van der Waals surface area contributed by atoms with E-state index in [1.54, 1.807) is 0 Å². The molecule has 1 heterocycles. The van der Waals surface area contributed by atoms with Crippen molar-refractivity contribution in [2.75, 3.05) is 5.73 Å². The number of nitrogens with two attached hydrogens (primary N) is 1. The molecule has 0 spiro atoms. The minimum Gasteiger partial charge on any atom is -0.384 e. The van der Waals surface area contributed by atoms with Crippen molar-refractivity contribution in [1.29, 1.82) is 5.26 Å². The molecule has 0 fully saturated rings. The van der Waals surface area contributed by atoms with Crippen LogP contribution in [-0.2, 0) is 5.54 Å². The Balaban J connectivity index is 3.53. The molecule has 0 aliphatic heterocycles. The van der Waals surface area contributed by atoms with Crippen LogP contribution in [0.25, 0.3) is 0 Å². The van der Waals surface area contributed by atoms with Crippen molar-refractivity contribution in [3.05, 3.63) is 16.8 Å². The molecule has 3 nitrogen and oxygen atoms in total. The lowest BCUT2D eigenvalue weighted by Gasteiger charge is -2.32. The van der Waals surface area contributed by atoms with Gasteiger partial charge in [0.2, 0.25) is 0 Å². The number of hydrogen-bond acceptors (Lipinski definition) is 2. The summed E-state index contributed by atoms with van der Waals surface area (Å²) >= 11 is 0. The van der Waals surface area contributed by atoms with Crippen molar-refractivity contribution < 1.29 is 0 Å². The fourth-order valence-electron chi connectivity index (χ4n) is 2.24. The fraction of sp³-hybridized carbons (Fsp3) is 0.615.